The molecule has 7 heteroatoms. The van der Waals surface area contributed by atoms with Crippen LogP contribution in [0, 0.1) is 11.8 Å². The van der Waals surface area contributed by atoms with Gasteiger partial charge in [-0.2, -0.15) is 0 Å². The van der Waals surface area contributed by atoms with E-state index in [0.29, 0.717) is 48.3 Å². The number of nitrogens with one attached hydrogen (secondary N) is 2. The van der Waals surface area contributed by atoms with Gasteiger partial charge in [0.15, 0.2) is 0 Å². The van der Waals surface area contributed by atoms with E-state index < -0.39 is 6.09 Å². The quantitative estimate of drug-likeness (QED) is 0.319. The molecule has 0 aliphatic rings. The molecule has 7 nitrogen and oxygen atoms in total. The lowest BCUT2D eigenvalue weighted by molar-refractivity contribution is 0.0741. The van der Waals surface area contributed by atoms with Crippen LogP contribution in [-0.4, -0.2) is 48.2 Å². The lowest BCUT2D eigenvalue weighted by Crippen LogP contribution is -2.34. The van der Waals surface area contributed by atoms with E-state index in [0.717, 1.165) is 25.9 Å². The molecule has 0 radical (unpaired) electrons. The molecular weight excluding hydrogens is 356 g/mol. The van der Waals surface area contributed by atoms with Crippen molar-refractivity contribution < 1.29 is 14.7 Å². The predicted octanol–water partition coefficient (Wildman–Crippen LogP) is 3.87. The number of amides is 2. The summed E-state index contributed by atoms with van der Waals surface area (Å²) in [5.74, 6) is 1.10. The number of hydrogen-bond donors (Lipinski definition) is 4. The van der Waals surface area contributed by atoms with E-state index in [-0.39, 0.29) is 5.91 Å². The molecule has 158 valence electrons. The molecule has 0 aliphatic carbocycles. The summed E-state index contributed by atoms with van der Waals surface area (Å²) in [6.07, 6.45) is 1.54. The van der Waals surface area contributed by atoms with E-state index >= 15 is 0 Å². The standard InChI is InChI=1S/C21H36N4O3/c1-15(2)8-12-25(13-9-16(3)4)20(26)17-6-7-18(22)19(14-17)23-10-5-11-24-21(27)28/h6-7,14-16,23-24H,5,8-13,22H2,1-4H3,(H,27,28). The average Bonchev–Trinajstić information content (AvgIpc) is 2.61. The van der Waals surface area contributed by atoms with Crippen LogP contribution in [0.15, 0.2) is 18.2 Å². The van der Waals surface area contributed by atoms with E-state index in [1.165, 1.54) is 0 Å². The van der Waals surface area contributed by atoms with Crippen LogP contribution in [-0.2, 0) is 0 Å². The van der Waals surface area contributed by atoms with Gasteiger partial charge < -0.3 is 26.4 Å². The number of anilines is 2. The third-order valence-electron chi connectivity index (χ3n) is 4.49. The van der Waals surface area contributed by atoms with Gasteiger partial charge in [0.1, 0.15) is 0 Å². The molecule has 0 heterocycles. The highest BCUT2D eigenvalue weighted by Crippen LogP contribution is 2.22. The summed E-state index contributed by atoms with van der Waals surface area (Å²) in [4.78, 5) is 25.5. The first kappa shape index (κ1) is 23.6. The van der Waals surface area contributed by atoms with Gasteiger partial charge >= 0.3 is 6.09 Å². The second-order valence-electron chi connectivity index (χ2n) is 7.97. The Morgan fingerprint density at radius 2 is 1.68 bits per heavy atom. The number of carbonyl (C=O) groups excluding carboxylic acids is 1. The van der Waals surface area contributed by atoms with Gasteiger partial charge in [-0.15, -0.1) is 0 Å². The van der Waals surface area contributed by atoms with Crippen LogP contribution in [0.4, 0.5) is 16.2 Å². The maximum atomic E-state index is 13.1. The summed E-state index contributed by atoms with van der Waals surface area (Å²) >= 11 is 0. The van der Waals surface area contributed by atoms with E-state index in [4.69, 9.17) is 10.8 Å². The Labute approximate surface area is 168 Å². The number of hydrogen-bond acceptors (Lipinski definition) is 4. The normalized spacial score (nSPS) is 10.9. The zero-order valence-corrected chi connectivity index (χ0v) is 17.6. The molecule has 1 aromatic rings. The van der Waals surface area contributed by atoms with Crippen molar-refractivity contribution in [3.63, 3.8) is 0 Å². The minimum atomic E-state index is -1.03. The van der Waals surface area contributed by atoms with Crippen molar-refractivity contribution in [2.75, 3.05) is 37.2 Å². The van der Waals surface area contributed by atoms with E-state index in [1.807, 2.05) is 4.90 Å². The van der Waals surface area contributed by atoms with Crippen molar-refractivity contribution >= 4 is 23.4 Å². The Morgan fingerprint density at radius 3 is 2.21 bits per heavy atom. The first-order valence-electron chi connectivity index (χ1n) is 10.1. The van der Waals surface area contributed by atoms with Gasteiger partial charge in [-0.1, -0.05) is 27.7 Å². The van der Waals surface area contributed by atoms with Crippen molar-refractivity contribution in [3.05, 3.63) is 23.8 Å². The SMILES string of the molecule is CC(C)CCN(CCC(C)C)C(=O)c1ccc(N)c(NCCCNC(=O)O)c1. The lowest BCUT2D eigenvalue weighted by Gasteiger charge is -2.25. The summed E-state index contributed by atoms with van der Waals surface area (Å²) in [5.41, 5.74) is 7.92. The first-order valence-corrected chi connectivity index (χ1v) is 10.1. The Morgan fingerprint density at radius 1 is 1.07 bits per heavy atom. The Balaban J connectivity index is 2.78. The number of rotatable bonds is 12. The second-order valence-corrected chi connectivity index (χ2v) is 7.97. The molecule has 1 rings (SSSR count). The third kappa shape index (κ3) is 8.97. The summed E-state index contributed by atoms with van der Waals surface area (Å²) in [6, 6.07) is 5.31. The molecular formula is C21H36N4O3. The highest BCUT2D eigenvalue weighted by molar-refractivity contribution is 5.96. The van der Waals surface area contributed by atoms with Gasteiger partial charge in [-0.3, -0.25) is 4.79 Å². The van der Waals surface area contributed by atoms with Gasteiger partial charge in [0, 0.05) is 31.7 Å². The monoisotopic (exact) mass is 392 g/mol. The zero-order chi connectivity index (χ0) is 21.1. The number of nitrogens with zero attached hydrogens (tertiary/aromatic N) is 1. The van der Waals surface area contributed by atoms with Crippen molar-refractivity contribution in [2.45, 2.75) is 47.0 Å². The van der Waals surface area contributed by atoms with Gasteiger partial charge in [0.05, 0.1) is 11.4 Å². The highest BCUT2D eigenvalue weighted by Gasteiger charge is 2.17. The molecule has 0 saturated carbocycles. The predicted molar refractivity (Wildman–Crippen MR) is 115 cm³/mol. The number of nitrogens with two attached hydrogens (primary N) is 1. The largest absolute Gasteiger partial charge is 0.465 e. The van der Waals surface area contributed by atoms with Crippen LogP contribution in [0.5, 0.6) is 0 Å². The summed E-state index contributed by atoms with van der Waals surface area (Å²) in [6.45, 7) is 11.1. The van der Waals surface area contributed by atoms with Crippen molar-refractivity contribution in [1.29, 1.82) is 0 Å². The molecule has 0 aliphatic heterocycles. The van der Waals surface area contributed by atoms with E-state index in [9.17, 15) is 9.59 Å². The minimum Gasteiger partial charge on any atom is -0.465 e. The maximum Gasteiger partial charge on any atom is 0.404 e. The van der Waals surface area contributed by atoms with Gasteiger partial charge in [0.25, 0.3) is 5.91 Å². The lowest BCUT2D eigenvalue weighted by atomic mass is 10.1. The number of nitrogen functional groups attached to an aromatic ring is 1. The van der Waals surface area contributed by atoms with Gasteiger partial charge in [-0.25, -0.2) is 4.79 Å². The molecule has 0 unspecified atom stereocenters. The van der Waals surface area contributed by atoms with Crippen LogP contribution in [0.2, 0.25) is 0 Å². The highest BCUT2D eigenvalue weighted by atomic mass is 16.4. The number of benzene rings is 1. The average molecular weight is 393 g/mol. The van der Waals surface area contributed by atoms with Gasteiger partial charge in [0.2, 0.25) is 0 Å². The van der Waals surface area contributed by atoms with Crippen LogP contribution in [0.25, 0.3) is 0 Å². The molecule has 0 atom stereocenters. The molecule has 5 N–H and O–H groups in total. The fourth-order valence-corrected chi connectivity index (χ4v) is 2.67. The molecule has 0 aromatic heterocycles. The van der Waals surface area contributed by atoms with Crippen LogP contribution in [0.3, 0.4) is 0 Å². The smallest absolute Gasteiger partial charge is 0.404 e. The van der Waals surface area contributed by atoms with Crippen molar-refractivity contribution in [1.82, 2.24) is 10.2 Å². The van der Waals surface area contributed by atoms with Crippen molar-refractivity contribution in [2.24, 2.45) is 11.8 Å². The molecule has 2 amide bonds. The number of carbonyl (C=O) groups is 2. The van der Waals surface area contributed by atoms with E-state index in [2.05, 4.69) is 38.3 Å². The third-order valence-corrected chi connectivity index (χ3v) is 4.49. The van der Waals surface area contributed by atoms with Crippen LogP contribution in [0.1, 0.15) is 57.3 Å². The fourth-order valence-electron chi connectivity index (χ4n) is 2.67. The topological polar surface area (TPSA) is 108 Å². The molecule has 1 aromatic carbocycles. The maximum absolute atomic E-state index is 13.1. The zero-order valence-electron chi connectivity index (χ0n) is 17.6. The summed E-state index contributed by atoms with van der Waals surface area (Å²) in [5, 5.41) is 14.1. The fraction of sp³-hybridized carbons (Fsp3) is 0.619. The first-order chi connectivity index (χ1) is 13.2. The minimum absolute atomic E-state index is 0.0249. The molecule has 0 fully saturated rings. The molecule has 0 saturated heterocycles. The van der Waals surface area contributed by atoms with E-state index in [1.54, 1.807) is 18.2 Å². The Kier molecular flexibility index (Phi) is 10.2. The molecule has 0 bridgehead atoms. The van der Waals surface area contributed by atoms with Gasteiger partial charge in [-0.05, 0) is 49.3 Å². The Hall–Kier alpha value is -2.44. The number of carboxylic acid groups (broad SMARTS) is 1. The van der Waals surface area contributed by atoms with Crippen LogP contribution >= 0.6 is 0 Å². The summed E-state index contributed by atoms with van der Waals surface area (Å²) < 4.78 is 0. The van der Waals surface area contributed by atoms with Crippen LogP contribution < -0.4 is 16.4 Å². The van der Waals surface area contributed by atoms with Crippen molar-refractivity contribution in [3.8, 4) is 0 Å². The second kappa shape index (κ2) is 12.1. The Bertz CT molecular complexity index is 620. The molecule has 0 spiro atoms. The summed E-state index contributed by atoms with van der Waals surface area (Å²) in [7, 11) is 0. The molecule has 28 heavy (non-hydrogen) atoms.